The Morgan fingerprint density at radius 1 is 0.812 bits per heavy atom. The van der Waals surface area contributed by atoms with Crippen molar-refractivity contribution in [3.63, 3.8) is 0 Å². The summed E-state index contributed by atoms with van der Waals surface area (Å²) in [6.07, 6.45) is 3.21. The average molecular weight is 444 g/mol. The van der Waals surface area contributed by atoms with Gasteiger partial charge in [-0.25, -0.2) is 0 Å². The number of nitrogens with zero attached hydrogens (tertiary/aromatic N) is 1. The summed E-state index contributed by atoms with van der Waals surface area (Å²) in [5, 5.41) is 0. The van der Waals surface area contributed by atoms with E-state index < -0.39 is 8.32 Å². The van der Waals surface area contributed by atoms with E-state index in [9.17, 15) is 0 Å². The summed E-state index contributed by atoms with van der Waals surface area (Å²) < 4.78 is 12.0. The molecule has 0 unspecified atom stereocenters. The van der Waals surface area contributed by atoms with E-state index in [0.29, 0.717) is 0 Å². The van der Waals surface area contributed by atoms with Crippen LogP contribution >= 0.6 is 0 Å². The lowest BCUT2D eigenvalue weighted by Gasteiger charge is -2.42. The molecule has 0 amide bonds. The summed E-state index contributed by atoms with van der Waals surface area (Å²) in [6.45, 7) is 7.63. The quantitative estimate of drug-likeness (QED) is 0.363. The van der Waals surface area contributed by atoms with Crippen molar-refractivity contribution in [3.8, 4) is 5.75 Å². The maximum absolute atomic E-state index is 6.57. The van der Waals surface area contributed by atoms with E-state index in [0.717, 1.165) is 24.5 Å². The van der Waals surface area contributed by atoms with E-state index in [4.69, 9.17) is 9.16 Å². The minimum absolute atomic E-state index is 0.142. The van der Waals surface area contributed by atoms with E-state index in [1.807, 2.05) is 0 Å². The molecule has 3 aromatic rings. The summed E-state index contributed by atoms with van der Waals surface area (Å²) >= 11 is 0. The number of rotatable bonds is 7. The fraction of sp³-hybridized carbons (Fsp3) is 0.286. The summed E-state index contributed by atoms with van der Waals surface area (Å²) in [5.74, 6) is 2.00. The van der Waals surface area contributed by atoms with Gasteiger partial charge in [0, 0.05) is 19.0 Å². The van der Waals surface area contributed by atoms with E-state index in [1.54, 1.807) is 7.11 Å². The van der Waals surface area contributed by atoms with Gasteiger partial charge in [-0.1, -0.05) is 72.8 Å². The van der Waals surface area contributed by atoms with Gasteiger partial charge in [-0.3, -0.25) is 4.90 Å². The molecule has 0 bridgehead atoms. The van der Waals surface area contributed by atoms with Crippen LogP contribution in [0, 0.1) is 0 Å². The molecular weight excluding hydrogens is 410 g/mol. The Kier molecular flexibility index (Phi) is 6.82. The fourth-order valence-electron chi connectivity index (χ4n) is 4.39. The third kappa shape index (κ3) is 5.50. The van der Waals surface area contributed by atoms with Crippen LogP contribution in [-0.2, 0) is 11.0 Å². The van der Waals surface area contributed by atoms with Gasteiger partial charge in [-0.05, 0) is 54.5 Å². The van der Waals surface area contributed by atoms with Crippen molar-refractivity contribution < 1.29 is 9.16 Å². The summed E-state index contributed by atoms with van der Waals surface area (Å²) in [4.78, 5) is 2.60. The zero-order valence-electron chi connectivity index (χ0n) is 19.5. The Hall–Kier alpha value is -2.82. The van der Waals surface area contributed by atoms with Gasteiger partial charge in [-0.2, -0.15) is 0 Å². The molecule has 1 aliphatic rings. The normalized spacial score (nSPS) is 19.3. The first-order chi connectivity index (χ1) is 15.4. The lowest BCUT2D eigenvalue weighted by atomic mass is 9.90. The molecule has 0 aliphatic carbocycles. The number of ether oxygens (including phenoxy) is 1. The van der Waals surface area contributed by atoms with Crippen molar-refractivity contribution >= 4 is 8.32 Å². The van der Waals surface area contributed by atoms with Gasteiger partial charge in [0.25, 0.3) is 0 Å². The van der Waals surface area contributed by atoms with Crippen LogP contribution in [0.25, 0.3) is 0 Å². The summed E-state index contributed by atoms with van der Waals surface area (Å²) in [7, 11) is -0.00969. The highest BCUT2D eigenvalue weighted by Gasteiger charge is 2.34. The molecule has 166 valence electrons. The Morgan fingerprint density at radius 3 is 2.03 bits per heavy atom. The van der Waals surface area contributed by atoms with Crippen LogP contribution in [-0.4, -0.2) is 20.3 Å². The molecule has 4 heteroatoms. The van der Waals surface area contributed by atoms with E-state index in [2.05, 4.69) is 116 Å². The van der Waals surface area contributed by atoms with Gasteiger partial charge in [0.2, 0.25) is 8.32 Å². The zero-order valence-corrected chi connectivity index (χ0v) is 20.5. The molecule has 2 atom stereocenters. The van der Waals surface area contributed by atoms with E-state index >= 15 is 0 Å². The largest absolute Gasteiger partial charge is 0.547 e. The molecule has 0 N–H and O–H groups in total. The molecule has 32 heavy (non-hydrogen) atoms. The predicted molar refractivity (Wildman–Crippen MR) is 134 cm³/mol. The van der Waals surface area contributed by atoms with Crippen LogP contribution in [0.1, 0.15) is 35.2 Å². The van der Waals surface area contributed by atoms with Crippen molar-refractivity contribution in [1.82, 2.24) is 4.90 Å². The molecule has 1 heterocycles. The zero-order chi connectivity index (χ0) is 22.6. The maximum Gasteiger partial charge on any atom is 0.241 e. The smallest absolute Gasteiger partial charge is 0.241 e. The predicted octanol–water partition coefficient (Wildman–Crippen LogP) is 7.12. The van der Waals surface area contributed by atoms with E-state index in [1.165, 1.54) is 16.7 Å². The number of benzene rings is 3. The van der Waals surface area contributed by atoms with Gasteiger partial charge >= 0.3 is 0 Å². The van der Waals surface area contributed by atoms with E-state index in [-0.39, 0.29) is 12.1 Å². The van der Waals surface area contributed by atoms with Crippen molar-refractivity contribution in [3.05, 3.63) is 113 Å². The Morgan fingerprint density at radius 2 is 1.44 bits per heavy atom. The average Bonchev–Trinajstić information content (AvgIpc) is 2.80. The lowest BCUT2D eigenvalue weighted by Crippen LogP contribution is -2.37. The van der Waals surface area contributed by atoms with Crippen molar-refractivity contribution in [2.24, 2.45) is 0 Å². The summed E-state index contributed by atoms with van der Waals surface area (Å²) in [6, 6.07) is 30.4. The first kappa shape index (κ1) is 22.4. The molecule has 0 fully saturated rings. The van der Waals surface area contributed by atoms with Gasteiger partial charge < -0.3 is 9.16 Å². The SMILES string of the molecule is COc1ccc([C@@H]2CC(O[Si](C)(C)C)=C[C@H](c3ccccc3)N2Cc2ccccc2)cc1. The molecule has 0 saturated carbocycles. The topological polar surface area (TPSA) is 21.7 Å². The molecule has 0 spiro atoms. The highest BCUT2D eigenvalue weighted by molar-refractivity contribution is 6.70. The number of hydrogen-bond donors (Lipinski definition) is 0. The van der Waals surface area contributed by atoms with Gasteiger partial charge in [0.05, 0.1) is 18.9 Å². The number of hydrogen-bond acceptors (Lipinski definition) is 3. The third-order valence-electron chi connectivity index (χ3n) is 5.78. The molecule has 3 aromatic carbocycles. The second kappa shape index (κ2) is 9.76. The fourth-order valence-corrected chi connectivity index (χ4v) is 5.32. The highest BCUT2D eigenvalue weighted by Crippen LogP contribution is 2.43. The van der Waals surface area contributed by atoms with Crippen LogP contribution < -0.4 is 4.74 Å². The molecular formula is C28H33NO2Si. The summed E-state index contributed by atoms with van der Waals surface area (Å²) in [5.41, 5.74) is 3.89. The van der Waals surface area contributed by atoms with Gasteiger partial charge in [0.15, 0.2) is 0 Å². The molecule has 0 radical (unpaired) electrons. The first-order valence-electron chi connectivity index (χ1n) is 11.3. The van der Waals surface area contributed by atoms with Crippen LogP contribution in [0.15, 0.2) is 96.8 Å². The monoisotopic (exact) mass is 443 g/mol. The third-order valence-corrected chi connectivity index (χ3v) is 6.66. The van der Waals surface area contributed by atoms with Gasteiger partial charge in [-0.15, -0.1) is 0 Å². The standard InChI is InChI=1S/C28H33NO2Si/c1-30-25-17-15-24(16-18-25)28-20-26(31-32(2,3)4)19-27(23-13-9-6-10-14-23)29(28)21-22-11-7-5-8-12-22/h5-19,27-28H,20-21H2,1-4H3/t27-,28+/m1/s1. The van der Waals surface area contributed by atoms with Crippen molar-refractivity contribution in [1.29, 1.82) is 0 Å². The molecule has 0 saturated heterocycles. The van der Waals surface area contributed by atoms with Crippen molar-refractivity contribution in [2.45, 2.75) is 44.7 Å². The second-order valence-corrected chi connectivity index (χ2v) is 13.8. The first-order valence-corrected chi connectivity index (χ1v) is 14.7. The van der Waals surface area contributed by atoms with Crippen LogP contribution in [0.4, 0.5) is 0 Å². The number of methoxy groups -OCH3 is 1. The van der Waals surface area contributed by atoms with Crippen LogP contribution in [0.3, 0.4) is 0 Å². The highest BCUT2D eigenvalue weighted by atomic mass is 28.4. The molecule has 4 rings (SSSR count). The second-order valence-electron chi connectivity index (χ2n) is 9.35. The molecule has 1 aliphatic heterocycles. The van der Waals surface area contributed by atoms with Crippen LogP contribution in [0.5, 0.6) is 5.75 Å². The van der Waals surface area contributed by atoms with Crippen molar-refractivity contribution in [2.75, 3.05) is 7.11 Å². The maximum atomic E-state index is 6.57. The van der Waals surface area contributed by atoms with Crippen LogP contribution in [0.2, 0.25) is 19.6 Å². The Balaban J connectivity index is 1.79. The minimum Gasteiger partial charge on any atom is -0.547 e. The Bertz CT molecular complexity index is 1030. The Labute approximate surface area is 193 Å². The minimum atomic E-state index is -1.72. The van der Waals surface area contributed by atoms with Gasteiger partial charge in [0.1, 0.15) is 5.75 Å². The lowest BCUT2D eigenvalue weighted by molar-refractivity contribution is 0.119. The molecule has 0 aromatic heterocycles. The molecule has 3 nitrogen and oxygen atoms in total.